The summed E-state index contributed by atoms with van der Waals surface area (Å²) < 4.78 is 5.33. The Bertz CT molecular complexity index is 689. The molecular formula is C13H14N4O4. The summed E-state index contributed by atoms with van der Waals surface area (Å²) in [6.07, 6.45) is 0. The molecule has 0 unspecified atom stereocenters. The molecule has 0 radical (unpaired) electrons. The van der Waals surface area contributed by atoms with E-state index >= 15 is 0 Å². The fraction of sp³-hybridized carbons (Fsp3) is 0.231. The third kappa shape index (κ3) is 2.99. The lowest BCUT2D eigenvalue weighted by molar-refractivity contribution is -0.383. The van der Waals surface area contributed by atoms with E-state index in [0.29, 0.717) is 11.7 Å². The summed E-state index contributed by atoms with van der Waals surface area (Å²) in [7, 11) is 0. The Hall–Kier alpha value is -2.90. The van der Waals surface area contributed by atoms with E-state index in [-0.39, 0.29) is 23.5 Å². The number of carbonyl (C=O) groups is 1. The quantitative estimate of drug-likeness (QED) is 0.501. The van der Waals surface area contributed by atoms with Crippen LogP contribution in [0, 0.1) is 24.0 Å². The van der Waals surface area contributed by atoms with Crippen molar-refractivity contribution in [2.75, 3.05) is 5.73 Å². The first-order valence-corrected chi connectivity index (χ1v) is 6.14. The van der Waals surface area contributed by atoms with Crippen LogP contribution in [0.5, 0.6) is 0 Å². The molecule has 0 aliphatic carbocycles. The lowest BCUT2D eigenvalue weighted by atomic mass is 10.1. The van der Waals surface area contributed by atoms with Crippen molar-refractivity contribution in [3.8, 4) is 0 Å². The van der Waals surface area contributed by atoms with Crippen LogP contribution in [0.15, 0.2) is 22.6 Å². The third-order valence-corrected chi connectivity index (χ3v) is 3.00. The molecule has 1 aromatic carbocycles. The SMILES string of the molecule is Cc1nc(CNC(=O)c2cccc([N+](=O)[O-])c2N)oc1C. The van der Waals surface area contributed by atoms with Crippen LogP contribution in [-0.4, -0.2) is 15.8 Å². The number of hydrogen-bond acceptors (Lipinski definition) is 6. The minimum Gasteiger partial charge on any atom is -0.444 e. The molecule has 0 saturated heterocycles. The third-order valence-electron chi connectivity index (χ3n) is 3.00. The first-order chi connectivity index (χ1) is 9.90. The highest BCUT2D eigenvalue weighted by Gasteiger charge is 2.19. The largest absolute Gasteiger partial charge is 0.444 e. The minimum absolute atomic E-state index is 0.0456. The van der Waals surface area contributed by atoms with Crippen LogP contribution in [-0.2, 0) is 6.54 Å². The monoisotopic (exact) mass is 290 g/mol. The molecule has 1 aromatic heterocycles. The maximum Gasteiger partial charge on any atom is 0.292 e. The van der Waals surface area contributed by atoms with Gasteiger partial charge < -0.3 is 15.5 Å². The molecule has 0 aliphatic rings. The molecular weight excluding hydrogens is 276 g/mol. The number of nitrogens with zero attached hydrogens (tertiary/aromatic N) is 2. The molecule has 21 heavy (non-hydrogen) atoms. The Labute approximate surface area is 120 Å². The smallest absolute Gasteiger partial charge is 0.292 e. The van der Waals surface area contributed by atoms with Crippen molar-refractivity contribution < 1.29 is 14.1 Å². The number of hydrogen-bond donors (Lipinski definition) is 2. The highest BCUT2D eigenvalue weighted by molar-refractivity contribution is 6.00. The second kappa shape index (κ2) is 5.61. The zero-order valence-corrected chi connectivity index (χ0v) is 11.5. The average Bonchev–Trinajstić information content (AvgIpc) is 2.75. The highest BCUT2D eigenvalue weighted by Crippen LogP contribution is 2.24. The Morgan fingerprint density at radius 1 is 1.48 bits per heavy atom. The second-order valence-corrected chi connectivity index (χ2v) is 4.43. The van der Waals surface area contributed by atoms with Gasteiger partial charge in [0.2, 0.25) is 5.89 Å². The van der Waals surface area contributed by atoms with E-state index in [4.69, 9.17) is 10.2 Å². The van der Waals surface area contributed by atoms with Crippen molar-refractivity contribution in [1.29, 1.82) is 0 Å². The molecule has 8 heteroatoms. The van der Waals surface area contributed by atoms with E-state index in [0.717, 1.165) is 5.69 Å². The molecule has 0 bridgehead atoms. The number of nitrogen functional groups attached to an aromatic ring is 1. The summed E-state index contributed by atoms with van der Waals surface area (Å²) >= 11 is 0. The highest BCUT2D eigenvalue weighted by atomic mass is 16.6. The van der Waals surface area contributed by atoms with Gasteiger partial charge in [-0.05, 0) is 19.9 Å². The number of amides is 1. The number of nitro groups is 1. The topological polar surface area (TPSA) is 124 Å². The standard InChI is InChI=1S/C13H14N4O4/c1-7-8(2)21-11(16-7)6-15-13(18)9-4-3-5-10(12(9)14)17(19)20/h3-5H,6,14H2,1-2H3,(H,15,18). The number of anilines is 1. The maximum atomic E-state index is 12.0. The summed E-state index contributed by atoms with van der Waals surface area (Å²) in [5, 5.41) is 13.3. The van der Waals surface area contributed by atoms with Crippen LogP contribution >= 0.6 is 0 Å². The molecule has 0 aliphatic heterocycles. The fourth-order valence-corrected chi connectivity index (χ4v) is 1.78. The second-order valence-electron chi connectivity index (χ2n) is 4.43. The number of aryl methyl sites for hydroxylation is 2. The van der Waals surface area contributed by atoms with Gasteiger partial charge in [-0.25, -0.2) is 4.98 Å². The Balaban J connectivity index is 2.14. The van der Waals surface area contributed by atoms with E-state index < -0.39 is 10.8 Å². The molecule has 110 valence electrons. The van der Waals surface area contributed by atoms with Crippen molar-refractivity contribution in [2.24, 2.45) is 0 Å². The van der Waals surface area contributed by atoms with Crippen LogP contribution in [0.1, 0.15) is 27.7 Å². The van der Waals surface area contributed by atoms with Crippen LogP contribution < -0.4 is 11.1 Å². The number of nitrogens with one attached hydrogen (secondary N) is 1. The molecule has 0 spiro atoms. The van der Waals surface area contributed by atoms with Crippen molar-refractivity contribution in [2.45, 2.75) is 20.4 Å². The molecule has 1 heterocycles. The average molecular weight is 290 g/mol. The normalized spacial score (nSPS) is 10.4. The van der Waals surface area contributed by atoms with Crippen LogP contribution in [0.25, 0.3) is 0 Å². The zero-order valence-electron chi connectivity index (χ0n) is 11.5. The number of benzene rings is 1. The maximum absolute atomic E-state index is 12.0. The molecule has 0 fully saturated rings. The number of nitrogens with two attached hydrogens (primary N) is 1. The van der Waals surface area contributed by atoms with Gasteiger partial charge in [-0.15, -0.1) is 0 Å². The molecule has 1 amide bonds. The number of rotatable bonds is 4. The first kappa shape index (κ1) is 14.5. The summed E-state index contributed by atoms with van der Waals surface area (Å²) in [5.74, 6) is 0.515. The lowest BCUT2D eigenvalue weighted by Gasteiger charge is -2.06. The van der Waals surface area contributed by atoms with Crippen molar-refractivity contribution in [1.82, 2.24) is 10.3 Å². The number of carbonyl (C=O) groups excluding carboxylic acids is 1. The minimum atomic E-state index is -0.632. The van der Waals surface area contributed by atoms with Crippen LogP contribution in [0.4, 0.5) is 11.4 Å². The summed E-state index contributed by atoms with van der Waals surface area (Å²) in [5.41, 5.74) is 5.96. The predicted molar refractivity (Wildman–Crippen MR) is 74.7 cm³/mol. The summed E-state index contributed by atoms with van der Waals surface area (Å²) in [6, 6.07) is 4.07. The van der Waals surface area contributed by atoms with Gasteiger partial charge in [0.05, 0.1) is 22.7 Å². The predicted octanol–water partition coefficient (Wildman–Crippen LogP) is 1.71. The van der Waals surface area contributed by atoms with Gasteiger partial charge in [0.25, 0.3) is 11.6 Å². The number of aromatic nitrogens is 1. The summed E-state index contributed by atoms with van der Waals surface area (Å²) in [4.78, 5) is 26.3. The van der Waals surface area contributed by atoms with Crippen molar-refractivity contribution >= 4 is 17.3 Å². The molecule has 8 nitrogen and oxygen atoms in total. The Morgan fingerprint density at radius 2 is 2.19 bits per heavy atom. The van der Waals surface area contributed by atoms with Crippen LogP contribution in [0.3, 0.4) is 0 Å². The Morgan fingerprint density at radius 3 is 2.76 bits per heavy atom. The van der Waals surface area contributed by atoms with Gasteiger partial charge in [0.1, 0.15) is 11.4 Å². The van der Waals surface area contributed by atoms with Gasteiger partial charge >= 0.3 is 0 Å². The Kier molecular flexibility index (Phi) is 3.88. The number of nitro benzene ring substituents is 1. The first-order valence-electron chi connectivity index (χ1n) is 6.14. The van der Waals surface area contributed by atoms with E-state index in [1.54, 1.807) is 13.8 Å². The molecule has 3 N–H and O–H groups in total. The molecule has 2 aromatic rings. The number of para-hydroxylation sites is 1. The fourth-order valence-electron chi connectivity index (χ4n) is 1.78. The van der Waals surface area contributed by atoms with E-state index in [9.17, 15) is 14.9 Å². The van der Waals surface area contributed by atoms with Crippen LogP contribution in [0.2, 0.25) is 0 Å². The zero-order chi connectivity index (χ0) is 15.6. The van der Waals surface area contributed by atoms with Crippen molar-refractivity contribution in [3.05, 3.63) is 51.2 Å². The van der Waals surface area contributed by atoms with E-state index in [1.165, 1.54) is 18.2 Å². The van der Waals surface area contributed by atoms with E-state index in [1.807, 2.05) is 0 Å². The summed E-state index contributed by atoms with van der Waals surface area (Å²) in [6.45, 7) is 3.64. The van der Waals surface area contributed by atoms with Gasteiger partial charge in [0.15, 0.2) is 0 Å². The molecule has 0 saturated carbocycles. The molecule has 0 atom stereocenters. The van der Waals surface area contributed by atoms with Gasteiger partial charge in [-0.1, -0.05) is 6.07 Å². The van der Waals surface area contributed by atoms with Gasteiger partial charge in [0, 0.05) is 6.07 Å². The lowest BCUT2D eigenvalue weighted by Crippen LogP contribution is -2.24. The van der Waals surface area contributed by atoms with Gasteiger partial charge in [-0.3, -0.25) is 14.9 Å². The molecule has 2 rings (SSSR count). The van der Waals surface area contributed by atoms with E-state index in [2.05, 4.69) is 10.3 Å². The van der Waals surface area contributed by atoms with Gasteiger partial charge in [-0.2, -0.15) is 0 Å². The number of oxazole rings is 1. The van der Waals surface area contributed by atoms with Crippen molar-refractivity contribution in [3.63, 3.8) is 0 Å².